The number of carbonyl (C=O) groups is 5. The number of ketones is 1. The normalized spacial score (nSPS) is 18.2. The van der Waals surface area contributed by atoms with Crippen LogP contribution in [0.1, 0.15) is 78.4 Å². The summed E-state index contributed by atoms with van der Waals surface area (Å²) in [5.74, 6) is -0.00693. The summed E-state index contributed by atoms with van der Waals surface area (Å²) in [6.07, 6.45) is -0.802. The molecule has 2 aromatic rings. The molecule has 2 saturated heterocycles. The Bertz CT molecular complexity index is 1460. The summed E-state index contributed by atoms with van der Waals surface area (Å²) in [6, 6.07) is 18.4. The second kappa shape index (κ2) is 21.0. The second-order valence-electron chi connectivity index (χ2n) is 14.7. The highest BCUT2D eigenvalue weighted by atomic mass is 16.6. The maximum absolute atomic E-state index is 12.3. The maximum Gasteiger partial charge on any atom is 0.410 e. The lowest BCUT2D eigenvalue weighted by Gasteiger charge is -2.28. The average Bonchev–Trinajstić information content (AvgIpc) is 3.64. The molecule has 2 aromatic carbocycles. The Morgan fingerprint density at radius 3 is 1.60 bits per heavy atom. The number of benzene rings is 2. The van der Waals surface area contributed by atoms with Crippen LogP contribution in [-0.4, -0.2) is 106 Å². The van der Waals surface area contributed by atoms with Crippen molar-refractivity contribution in [3.05, 3.63) is 71.8 Å². The van der Waals surface area contributed by atoms with E-state index < -0.39 is 41.7 Å². The van der Waals surface area contributed by atoms with Crippen molar-refractivity contribution < 1.29 is 53.5 Å². The zero-order chi connectivity index (χ0) is 38.3. The lowest BCUT2D eigenvalue weighted by atomic mass is 10.1. The fourth-order valence-corrected chi connectivity index (χ4v) is 5.49. The van der Waals surface area contributed by atoms with E-state index in [9.17, 15) is 29.1 Å². The summed E-state index contributed by atoms with van der Waals surface area (Å²) in [7, 11) is 0. The van der Waals surface area contributed by atoms with E-state index in [1.54, 1.807) is 41.5 Å². The number of aliphatic hydroxyl groups is 1. The van der Waals surface area contributed by atoms with Gasteiger partial charge < -0.3 is 45.1 Å². The molecule has 4 amide bonds. The molecular weight excluding hydrogens is 688 g/mol. The van der Waals surface area contributed by atoms with Gasteiger partial charge in [-0.1, -0.05) is 60.7 Å². The summed E-state index contributed by atoms with van der Waals surface area (Å²) in [5, 5.41) is 15.2. The van der Waals surface area contributed by atoms with Gasteiger partial charge >= 0.3 is 24.4 Å². The van der Waals surface area contributed by atoms with Crippen LogP contribution in [0.3, 0.4) is 0 Å². The summed E-state index contributed by atoms with van der Waals surface area (Å²) in [4.78, 5) is 62.7. The third-order valence-corrected chi connectivity index (χ3v) is 7.82. The number of hydrogen-bond donors (Lipinski definition) is 3. The molecule has 2 aliphatic rings. The number of amides is 4. The van der Waals surface area contributed by atoms with E-state index in [0.717, 1.165) is 11.1 Å². The van der Waals surface area contributed by atoms with Crippen LogP contribution in [0, 0.1) is 0 Å². The second-order valence-corrected chi connectivity index (χ2v) is 14.7. The van der Waals surface area contributed by atoms with Gasteiger partial charge in [0, 0.05) is 31.6 Å². The van der Waals surface area contributed by atoms with Crippen molar-refractivity contribution in [1.82, 2.24) is 20.4 Å². The molecule has 2 fully saturated rings. The number of ether oxygens (including phenoxy) is 4. The molecule has 4 rings (SSSR count). The smallest absolute Gasteiger partial charge is 0.410 e. The van der Waals surface area contributed by atoms with Crippen molar-refractivity contribution >= 4 is 30.2 Å². The molecule has 53 heavy (non-hydrogen) atoms. The molecule has 2 aliphatic heterocycles. The average molecular weight is 745 g/mol. The van der Waals surface area contributed by atoms with Crippen LogP contribution in [0.15, 0.2) is 60.7 Å². The minimum Gasteiger partial charge on any atom is -0.445 e. The quantitative estimate of drug-likeness (QED) is 0.285. The number of nitrogens with one attached hydrogen (secondary N) is 2. The van der Waals surface area contributed by atoms with Gasteiger partial charge in [0.25, 0.3) is 0 Å². The van der Waals surface area contributed by atoms with Gasteiger partial charge in [0.1, 0.15) is 24.4 Å². The van der Waals surface area contributed by atoms with E-state index in [4.69, 9.17) is 18.9 Å². The minimum atomic E-state index is -0.618. The molecule has 2 heterocycles. The first-order valence-corrected chi connectivity index (χ1v) is 17.6. The Hall–Kier alpha value is -4.89. The van der Waals surface area contributed by atoms with Gasteiger partial charge in [-0.15, -0.1) is 0 Å². The van der Waals surface area contributed by atoms with Crippen LogP contribution in [0.4, 0.5) is 19.2 Å². The molecule has 15 heteroatoms. The van der Waals surface area contributed by atoms with Crippen LogP contribution >= 0.6 is 0 Å². The predicted octanol–water partition coefficient (Wildman–Crippen LogP) is 4.73. The van der Waals surface area contributed by atoms with E-state index in [2.05, 4.69) is 10.6 Å². The highest BCUT2D eigenvalue weighted by molar-refractivity contribution is 5.88. The van der Waals surface area contributed by atoms with E-state index in [0.29, 0.717) is 32.4 Å². The van der Waals surface area contributed by atoms with Gasteiger partial charge in [-0.3, -0.25) is 9.69 Å². The molecule has 5 N–H and O–H groups in total. The maximum atomic E-state index is 12.3. The van der Waals surface area contributed by atoms with Crippen LogP contribution in [0.5, 0.6) is 0 Å². The molecule has 0 aliphatic carbocycles. The third kappa shape index (κ3) is 17.0. The molecule has 0 unspecified atom stereocenters. The van der Waals surface area contributed by atoms with Crippen molar-refractivity contribution in [3.63, 3.8) is 0 Å². The monoisotopic (exact) mass is 744 g/mol. The molecule has 15 nitrogen and oxygen atoms in total. The number of β-amino-alcohol motifs (C(OH)–C–C–N with tert-alkyl or cyclic N) is 1. The first kappa shape index (κ1) is 44.3. The highest BCUT2D eigenvalue weighted by Crippen LogP contribution is 2.24. The summed E-state index contributed by atoms with van der Waals surface area (Å²) in [5.41, 5.74) is 0.611. The Kier molecular flexibility index (Phi) is 17.5. The van der Waals surface area contributed by atoms with Crippen LogP contribution in [0.25, 0.3) is 0 Å². The Morgan fingerprint density at radius 2 is 1.15 bits per heavy atom. The van der Waals surface area contributed by atoms with Crippen molar-refractivity contribution in [1.29, 1.82) is 0 Å². The zero-order valence-corrected chi connectivity index (χ0v) is 31.6. The van der Waals surface area contributed by atoms with E-state index in [1.165, 1.54) is 9.80 Å². The molecule has 0 aromatic heterocycles. The SMILES string of the molecule is CC(C)(C)OC(=O)N1CC(=O)C[C@H]1CCNC(=O)OCc1ccccc1.CC(C)(C)OC(=O)N1C[C@H](O)C[C@H]1CCNC(=O)OCc1ccccc1.O. The van der Waals surface area contributed by atoms with Crippen LogP contribution in [0.2, 0.25) is 0 Å². The number of likely N-dealkylation sites (tertiary alicyclic amines) is 2. The van der Waals surface area contributed by atoms with E-state index in [1.807, 2.05) is 60.7 Å². The first-order chi connectivity index (χ1) is 24.5. The van der Waals surface area contributed by atoms with Crippen LogP contribution < -0.4 is 10.6 Å². The number of alkyl carbamates (subject to hydrolysis) is 2. The standard InChI is InChI=1S/C19H28N2O5.C19H26N2O5.H2O/c2*1-19(2,3)26-18(24)21-12-16(22)11-15(21)9-10-20-17(23)25-13-14-7-5-4-6-8-14;/h4-8,15-16,22H,9-13H2,1-3H3,(H,20,23);4-8,15H,9-13H2,1-3H3,(H,20,23);1H2/t15-,16-;15-;/m11./s1. The number of rotatable bonds is 10. The number of hydrogen-bond acceptors (Lipinski definition) is 10. The van der Waals surface area contributed by atoms with Gasteiger partial charge in [0.2, 0.25) is 0 Å². The molecule has 294 valence electrons. The molecular formula is C38H56N4O11. The van der Waals surface area contributed by atoms with Gasteiger partial charge in [-0.05, 0) is 71.9 Å². The summed E-state index contributed by atoms with van der Waals surface area (Å²) >= 11 is 0. The topological polar surface area (TPSA) is 205 Å². The molecule has 0 spiro atoms. The highest BCUT2D eigenvalue weighted by Gasteiger charge is 2.37. The first-order valence-electron chi connectivity index (χ1n) is 17.6. The Labute approximate surface area is 311 Å². The number of aliphatic hydroxyl groups excluding tert-OH is 1. The molecule has 0 radical (unpaired) electrons. The lowest BCUT2D eigenvalue weighted by Crippen LogP contribution is -2.41. The van der Waals surface area contributed by atoms with Gasteiger partial charge in [0.05, 0.1) is 19.2 Å². The van der Waals surface area contributed by atoms with Gasteiger partial charge in [0.15, 0.2) is 5.78 Å². The number of Topliss-reactive ketones (excluding diaryl/α,β-unsaturated/α-hetero) is 1. The predicted molar refractivity (Wildman–Crippen MR) is 196 cm³/mol. The molecule has 0 saturated carbocycles. The van der Waals surface area contributed by atoms with Crippen molar-refractivity contribution in [2.24, 2.45) is 0 Å². The summed E-state index contributed by atoms with van der Waals surface area (Å²) < 4.78 is 21.0. The fraction of sp³-hybridized carbons (Fsp3) is 0.553. The van der Waals surface area contributed by atoms with Gasteiger partial charge in [-0.25, -0.2) is 19.2 Å². The van der Waals surface area contributed by atoms with Crippen molar-refractivity contribution in [3.8, 4) is 0 Å². The lowest BCUT2D eigenvalue weighted by molar-refractivity contribution is -0.117. The third-order valence-electron chi connectivity index (χ3n) is 7.82. The van der Waals surface area contributed by atoms with Crippen molar-refractivity contribution in [2.45, 2.75) is 110 Å². The van der Waals surface area contributed by atoms with E-state index in [-0.39, 0.29) is 56.1 Å². The fourth-order valence-electron chi connectivity index (χ4n) is 5.49. The number of nitrogens with zero attached hydrogens (tertiary/aromatic N) is 2. The zero-order valence-electron chi connectivity index (χ0n) is 31.6. The number of carbonyl (C=O) groups excluding carboxylic acids is 5. The van der Waals surface area contributed by atoms with Crippen molar-refractivity contribution in [2.75, 3.05) is 26.2 Å². The summed E-state index contributed by atoms with van der Waals surface area (Å²) in [6.45, 7) is 12.1. The Balaban J connectivity index is 0.000000360. The van der Waals surface area contributed by atoms with Gasteiger partial charge in [-0.2, -0.15) is 0 Å². The molecule has 3 atom stereocenters. The van der Waals surface area contributed by atoms with E-state index >= 15 is 0 Å². The minimum absolute atomic E-state index is 0. The largest absolute Gasteiger partial charge is 0.445 e. The Morgan fingerprint density at radius 1 is 0.717 bits per heavy atom. The van der Waals surface area contributed by atoms with Crippen LogP contribution in [-0.2, 0) is 37.0 Å². The molecule has 0 bridgehead atoms.